The molecule has 0 saturated carbocycles. The van der Waals surface area contributed by atoms with Crippen LogP contribution in [0.1, 0.15) is 15.9 Å². The maximum Gasteiger partial charge on any atom is 0.339 e. The molecule has 0 aliphatic heterocycles. The van der Waals surface area contributed by atoms with Gasteiger partial charge in [0.1, 0.15) is 6.61 Å². The highest BCUT2D eigenvalue weighted by atomic mass is 16.5. The van der Waals surface area contributed by atoms with E-state index in [9.17, 15) is 4.79 Å². The van der Waals surface area contributed by atoms with Crippen molar-refractivity contribution in [2.45, 2.75) is 6.61 Å². The number of benzene rings is 1. The van der Waals surface area contributed by atoms with Crippen LogP contribution in [0.25, 0.3) is 11.1 Å². The maximum absolute atomic E-state index is 12.2. The van der Waals surface area contributed by atoms with Gasteiger partial charge in [-0.3, -0.25) is 0 Å². The predicted molar refractivity (Wildman–Crippen MR) is 78.6 cm³/mol. The lowest BCUT2D eigenvalue weighted by molar-refractivity contribution is 0.0474. The van der Waals surface area contributed by atoms with Crippen LogP contribution in [0, 0.1) is 0 Å². The summed E-state index contributed by atoms with van der Waals surface area (Å²) in [7, 11) is 0. The summed E-state index contributed by atoms with van der Waals surface area (Å²) in [5, 5.41) is 0. The highest BCUT2D eigenvalue weighted by Gasteiger charge is 2.15. The molecule has 2 heteroatoms. The highest BCUT2D eigenvalue weighted by molar-refractivity contribution is 5.98. The second-order valence-electron chi connectivity index (χ2n) is 4.59. The third-order valence-corrected chi connectivity index (χ3v) is 3.22. The van der Waals surface area contributed by atoms with E-state index in [0.717, 1.165) is 16.7 Å². The number of fused-ring (bicyclic) bond motifs is 1. The molecule has 0 saturated heterocycles. The lowest BCUT2D eigenvalue weighted by atomic mass is 10.1. The smallest absolute Gasteiger partial charge is 0.339 e. The number of hydrogen-bond acceptors (Lipinski definition) is 2. The fraction of sp³-hybridized carbons (Fsp3) is 0.0556. The average molecular weight is 262 g/mol. The van der Waals surface area contributed by atoms with Crippen molar-refractivity contribution in [3.63, 3.8) is 0 Å². The van der Waals surface area contributed by atoms with Crippen molar-refractivity contribution in [2.75, 3.05) is 0 Å². The first-order valence-corrected chi connectivity index (χ1v) is 6.53. The first-order valence-electron chi connectivity index (χ1n) is 6.53. The monoisotopic (exact) mass is 262 g/mol. The number of esters is 1. The van der Waals surface area contributed by atoms with Crippen LogP contribution in [-0.2, 0) is 11.3 Å². The first-order chi connectivity index (χ1) is 9.84. The van der Waals surface area contributed by atoms with Gasteiger partial charge in [-0.2, -0.15) is 0 Å². The fourth-order valence-corrected chi connectivity index (χ4v) is 2.19. The van der Waals surface area contributed by atoms with E-state index in [-0.39, 0.29) is 5.97 Å². The van der Waals surface area contributed by atoms with Gasteiger partial charge in [-0.1, -0.05) is 66.7 Å². The molecule has 0 radical (unpaired) electrons. The summed E-state index contributed by atoms with van der Waals surface area (Å²) in [5.41, 5.74) is 3.57. The van der Waals surface area contributed by atoms with Crippen LogP contribution in [0.4, 0.5) is 0 Å². The van der Waals surface area contributed by atoms with Crippen LogP contribution in [-0.4, -0.2) is 5.97 Å². The molecule has 0 heterocycles. The Morgan fingerprint density at radius 1 is 0.800 bits per heavy atom. The molecule has 0 N–H and O–H groups in total. The average Bonchev–Trinajstić information content (AvgIpc) is 2.75. The molecule has 1 aromatic carbocycles. The lowest BCUT2D eigenvalue weighted by Crippen LogP contribution is -2.04. The molecule has 0 amide bonds. The van der Waals surface area contributed by atoms with Gasteiger partial charge in [0.05, 0.1) is 5.56 Å². The molecule has 0 fully saturated rings. The summed E-state index contributed by atoms with van der Waals surface area (Å²) in [6.07, 6.45) is 0. The van der Waals surface area contributed by atoms with E-state index in [0.29, 0.717) is 12.2 Å². The summed E-state index contributed by atoms with van der Waals surface area (Å²) >= 11 is 0. The highest BCUT2D eigenvalue weighted by Crippen LogP contribution is 2.27. The van der Waals surface area contributed by atoms with Crippen molar-refractivity contribution in [3.8, 4) is 11.1 Å². The van der Waals surface area contributed by atoms with E-state index in [1.54, 1.807) is 0 Å². The second-order valence-corrected chi connectivity index (χ2v) is 4.59. The Kier molecular flexibility index (Phi) is 3.46. The van der Waals surface area contributed by atoms with Crippen molar-refractivity contribution < 1.29 is 9.53 Å². The van der Waals surface area contributed by atoms with Gasteiger partial charge in [0, 0.05) is 0 Å². The molecular formula is C18H14O2. The molecule has 0 unspecified atom stereocenters. The van der Waals surface area contributed by atoms with Crippen LogP contribution in [0.5, 0.6) is 0 Å². The predicted octanol–water partition coefficient (Wildman–Crippen LogP) is 4.15. The maximum atomic E-state index is 12.2. The quantitative estimate of drug-likeness (QED) is 0.663. The SMILES string of the molecule is O=C(OCc1ccccc1)c1ccc2cccccc1-2. The molecule has 20 heavy (non-hydrogen) atoms. The molecule has 0 aromatic heterocycles. The van der Waals surface area contributed by atoms with Crippen LogP contribution in [0.15, 0.2) is 72.8 Å². The number of hydrogen-bond donors (Lipinski definition) is 0. The standard InChI is InChI=1S/C18H14O2/c19-18(20-13-14-7-3-1-4-8-14)17-12-11-15-9-5-2-6-10-16(15)17/h1-12H,13H2. The Hall–Kier alpha value is -2.61. The van der Waals surface area contributed by atoms with E-state index in [4.69, 9.17) is 4.74 Å². The van der Waals surface area contributed by atoms with Gasteiger partial charge in [0.25, 0.3) is 0 Å². The fourth-order valence-electron chi connectivity index (χ4n) is 2.19. The minimum Gasteiger partial charge on any atom is -0.457 e. The van der Waals surface area contributed by atoms with Crippen molar-refractivity contribution in [2.24, 2.45) is 0 Å². The number of ether oxygens (including phenoxy) is 1. The van der Waals surface area contributed by atoms with Crippen LogP contribution in [0.3, 0.4) is 0 Å². The Morgan fingerprint density at radius 2 is 1.50 bits per heavy atom. The summed E-state index contributed by atoms with van der Waals surface area (Å²) in [6, 6.07) is 23.2. The van der Waals surface area contributed by atoms with Gasteiger partial charge < -0.3 is 4.74 Å². The van der Waals surface area contributed by atoms with Gasteiger partial charge in [-0.15, -0.1) is 0 Å². The molecular weight excluding hydrogens is 248 g/mol. The van der Waals surface area contributed by atoms with E-state index in [2.05, 4.69) is 0 Å². The molecule has 2 aliphatic carbocycles. The molecule has 0 bridgehead atoms. The zero-order valence-corrected chi connectivity index (χ0v) is 11.0. The molecule has 2 nitrogen and oxygen atoms in total. The summed E-state index contributed by atoms with van der Waals surface area (Å²) in [5.74, 6) is -0.282. The normalized spacial score (nSPS) is 10.4. The van der Waals surface area contributed by atoms with Crippen LogP contribution < -0.4 is 0 Å². The number of rotatable bonds is 3. The third kappa shape index (κ3) is 2.54. The number of carbonyl (C=O) groups is 1. The molecule has 3 rings (SSSR count). The van der Waals surface area contributed by atoms with Gasteiger partial charge in [-0.25, -0.2) is 4.79 Å². The molecule has 98 valence electrons. The van der Waals surface area contributed by atoms with E-state index < -0.39 is 0 Å². The minimum absolute atomic E-state index is 0.282. The van der Waals surface area contributed by atoms with Gasteiger partial charge in [0.2, 0.25) is 0 Å². The summed E-state index contributed by atoms with van der Waals surface area (Å²) in [6.45, 7) is 0.297. The Labute approximate surface area is 118 Å². The molecule has 1 aromatic rings. The largest absolute Gasteiger partial charge is 0.457 e. The molecule has 2 aliphatic rings. The minimum atomic E-state index is -0.282. The molecule has 0 atom stereocenters. The zero-order chi connectivity index (χ0) is 13.8. The second kappa shape index (κ2) is 5.57. The molecule has 0 spiro atoms. The van der Waals surface area contributed by atoms with Crippen molar-refractivity contribution in [1.82, 2.24) is 0 Å². The van der Waals surface area contributed by atoms with Crippen LogP contribution in [0.2, 0.25) is 0 Å². The van der Waals surface area contributed by atoms with E-state index in [1.165, 1.54) is 0 Å². The van der Waals surface area contributed by atoms with Crippen molar-refractivity contribution in [3.05, 3.63) is 83.9 Å². The Morgan fingerprint density at radius 3 is 2.30 bits per heavy atom. The van der Waals surface area contributed by atoms with Crippen molar-refractivity contribution >= 4 is 5.97 Å². The Balaban J connectivity index is 1.77. The van der Waals surface area contributed by atoms with Crippen LogP contribution >= 0.6 is 0 Å². The third-order valence-electron chi connectivity index (χ3n) is 3.22. The van der Waals surface area contributed by atoms with E-state index in [1.807, 2.05) is 72.8 Å². The topological polar surface area (TPSA) is 26.3 Å². The van der Waals surface area contributed by atoms with E-state index >= 15 is 0 Å². The van der Waals surface area contributed by atoms with Gasteiger partial charge in [-0.05, 0) is 22.8 Å². The lowest BCUT2D eigenvalue weighted by Gasteiger charge is -2.05. The van der Waals surface area contributed by atoms with Crippen molar-refractivity contribution in [1.29, 1.82) is 0 Å². The first kappa shape index (κ1) is 12.4. The number of carbonyl (C=O) groups excluding carboxylic acids is 1. The summed E-state index contributed by atoms with van der Waals surface area (Å²) in [4.78, 5) is 12.2. The summed E-state index contributed by atoms with van der Waals surface area (Å²) < 4.78 is 5.37. The Bertz CT molecular complexity index is 689. The van der Waals surface area contributed by atoms with Gasteiger partial charge >= 0.3 is 5.97 Å². The zero-order valence-electron chi connectivity index (χ0n) is 11.0. The van der Waals surface area contributed by atoms with Gasteiger partial charge in [0.15, 0.2) is 0 Å².